The number of carbonyl (C=O) groups excluding carboxylic acids is 3. The first-order valence-electron chi connectivity index (χ1n) is 15.6. The van der Waals surface area contributed by atoms with Gasteiger partial charge in [-0.1, -0.05) is 11.6 Å². The Bertz CT molecular complexity index is 1890. The smallest absolute Gasteiger partial charge is 0.235 e. The Labute approximate surface area is 271 Å². The van der Waals surface area contributed by atoms with E-state index in [2.05, 4.69) is 51.5 Å². The van der Waals surface area contributed by atoms with Crippen LogP contribution in [0.3, 0.4) is 0 Å². The van der Waals surface area contributed by atoms with Crippen LogP contribution in [0.1, 0.15) is 49.8 Å². The third-order valence-electron chi connectivity index (χ3n) is 9.64. The molecule has 3 atom stereocenters. The molecule has 12 nitrogen and oxygen atoms in total. The zero-order chi connectivity index (χ0) is 32.3. The van der Waals surface area contributed by atoms with E-state index in [0.29, 0.717) is 47.8 Å². The fraction of sp³-hybridized carbons (Fsp3) is 0.394. The molecular weight excluding hydrogens is 606 g/mol. The Morgan fingerprint density at radius 3 is 2.70 bits per heavy atom. The molecule has 0 unspecified atom stereocenters. The molecule has 3 amide bonds. The molecule has 5 heterocycles. The third kappa shape index (κ3) is 5.30. The summed E-state index contributed by atoms with van der Waals surface area (Å²) in [7, 11) is 5.80. The van der Waals surface area contributed by atoms with E-state index in [4.69, 9.17) is 21.7 Å². The summed E-state index contributed by atoms with van der Waals surface area (Å²) in [4.78, 5) is 51.9. The number of aromatic nitrogens is 4. The largest absolute Gasteiger partial charge is 0.371 e. The van der Waals surface area contributed by atoms with Crippen molar-refractivity contribution in [3.63, 3.8) is 0 Å². The maximum atomic E-state index is 12.5. The Kier molecular flexibility index (Phi) is 7.54. The topological polar surface area (TPSA) is 129 Å². The molecule has 0 radical (unpaired) electrons. The minimum atomic E-state index is -0.429. The second-order valence-electron chi connectivity index (χ2n) is 12.5. The maximum Gasteiger partial charge on any atom is 0.235 e. The number of nitrogens with zero attached hydrogens (tertiary/aromatic N) is 7. The van der Waals surface area contributed by atoms with Gasteiger partial charge in [0.25, 0.3) is 0 Å². The van der Waals surface area contributed by atoms with Crippen molar-refractivity contribution in [2.24, 2.45) is 7.05 Å². The third-order valence-corrected chi connectivity index (χ3v) is 9.92. The number of carbonyl (C=O) groups is 3. The van der Waals surface area contributed by atoms with Gasteiger partial charge in [0.15, 0.2) is 5.82 Å². The van der Waals surface area contributed by atoms with Crippen LogP contribution in [0.2, 0.25) is 5.02 Å². The van der Waals surface area contributed by atoms with E-state index in [9.17, 15) is 14.4 Å². The molecule has 2 aromatic heterocycles. The Morgan fingerprint density at radius 1 is 1.09 bits per heavy atom. The van der Waals surface area contributed by atoms with E-state index < -0.39 is 5.92 Å². The minimum Gasteiger partial charge on any atom is -0.371 e. The number of rotatable bonds is 6. The molecule has 2 aromatic carbocycles. The first-order valence-corrected chi connectivity index (χ1v) is 15.9. The summed E-state index contributed by atoms with van der Waals surface area (Å²) in [6.45, 7) is 2.97. The second-order valence-corrected chi connectivity index (χ2v) is 12.9. The number of fused-ring (bicyclic) bond motifs is 2. The van der Waals surface area contributed by atoms with Crippen molar-refractivity contribution < 1.29 is 14.4 Å². The van der Waals surface area contributed by atoms with Crippen molar-refractivity contribution in [3.8, 4) is 0 Å². The number of nitrogens with one attached hydrogen (secondary N) is 2. The maximum absolute atomic E-state index is 12.5. The molecular formula is C33H36ClN9O3. The lowest BCUT2D eigenvalue weighted by atomic mass is 9.92. The van der Waals surface area contributed by atoms with Crippen LogP contribution in [0.4, 0.5) is 28.8 Å². The molecule has 2 fully saturated rings. The Hall–Kier alpha value is -4.71. The molecule has 3 aliphatic rings. The summed E-state index contributed by atoms with van der Waals surface area (Å²) in [5, 5.41) is 11.8. The normalized spacial score (nSPS) is 21.5. The monoisotopic (exact) mass is 641 g/mol. The number of amides is 3. The molecule has 0 bridgehead atoms. The number of aryl methyl sites for hydroxylation is 1. The molecule has 4 aromatic rings. The number of piperidine rings is 2. The van der Waals surface area contributed by atoms with Crippen molar-refractivity contribution in [1.82, 2.24) is 25.1 Å². The van der Waals surface area contributed by atoms with Crippen LogP contribution in [0.25, 0.3) is 10.9 Å². The lowest BCUT2D eigenvalue weighted by Crippen LogP contribution is -2.48. The van der Waals surface area contributed by atoms with E-state index >= 15 is 0 Å². The van der Waals surface area contributed by atoms with Crippen LogP contribution in [0.15, 0.2) is 42.6 Å². The lowest BCUT2D eigenvalue weighted by Gasteiger charge is -2.42. The van der Waals surface area contributed by atoms with Crippen molar-refractivity contribution in [1.29, 1.82) is 0 Å². The van der Waals surface area contributed by atoms with Crippen LogP contribution >= 0.6 is 11.6 Å². The molecule has 2 N–H and O–H groups in total. The van der Waals surface area contributed by atoms with E-state index in [-0.39, 0.29) is 23.8 Å². The summed E-state index contributed by atoms with van der Waals surface area (Å²) in [5.74, 6) is 0.287. The average molecular weight is 642 g/mol. The van der Waals surface area contributed by atoms with E-state index in [0.717, 1.165) is 52.9 Å². The van der Waals surface area contributed by atoms with Crippen molar-refractivity contribution in [3.05, 3.63) is 58.9 Å². The van der Waals surface area contributed by atoms with Crippen LogP contribution in [-0.4, -0.2) is 70.2 Å². The number of halogens is 1. The van der Waals surface area contributed by atoms with Gasteiger partial charge in [0.2, 0.25) is 23.7 Å². The molecule has 3 aliphatic heterocycles. The number of benzene rings is 2. The number of likely N-dealkylation sites (N-methyl/N-ethyl adjacent to an activating group) is 1. The van der Waals surface area contributed by atoms with Crippen LogP contribution in [0.5, 0.6) is 0 Å². The van der Waals surface area contributed by atoms with Crippen LogP contribution in [0, 0.1) is 0 Å². The van der Waals surface area contributed by atoms with Gasteiger partial charge in [-0.2, -0.15) is 10.1 Å². The fourth-order valence-electron chi connectivity index (χ4n) is 6.98. The molecule has 46 heavy (non-hydrogen) atoms. The van der Waals surface area contributed by atoms with Crippen LogP contribution < -0.4 is 25.3 Å². The second kappa shape index (κ2) is 11.6. The summed E-state index contributed by atoms with van der Waals surface area (Å²) in [6.07, 6.45) is 4.62. The summed E-state index contributed by atoms with van der Waals surface area (Å²) >= 11 is 6.51. The van der Waals surface area contributed by atoms with Crippen molar-refractivity contribution in [2.75, 3.05) is 40.7 Å². The van der Waals surface area contributed by atoms with Gasteiger partial charge in [0, 0.05) is 68.6 Å². The lowest BCUT2D eigenvalue weighted by molar-refractivity contribution is -0.134. The molecule has 0 saturated carbocycles. The van der Waals surface area contributed by atoms with Gasteiger partial charge in [-0.3, -0.25) is 24.4 Å². The van der Waals surface area contributed by atoms with Gasteiger partial charge in [-0.25, -0.2) is 4.98 Å². The molecule has 0 aliphatic carbocycles. The standard InChI is InChI=1S/C33H36ClN9O3/c1-18-13-22(40(2)21-6-7-23-27(16-21)42(4)39-30(23)24-8-10-28(44)37-32(24)46)11-12-43(18)33-35-17-25(34)31(38-33)36-20-5-9-26-19(14-20)15-29(45)41(26)3/h5-7,9,14,16-18,22,24H,8,10-13,15H2,1-4H3,(H,35,36,38)(H,37,44,46)/t18-,22+,24-/m0/s1. The molecule has 7 rings (SSSR count). The summed E-state index contributed by atoms with van der Waals surface area (Å²) in [6, 6.07) is 12.6. The van der Waals surface area contributed by atoms with Crippen molar-refractivity contribution >= 4 is 69.1 Å². The highest BCUT2D eigenvalue weighted by molar-refractivity contribution is 6.33. The van der Waals surface area contributed by atoms with Gasteiger partial charge >= 0.3 is 0 Å². The quantitative estimate of drug-likeness (QED) is 0.296. The van der Waals surface area contributed by atoms with Gasteiger partial charge < -0.3 is 20.0 Å². The molecule has 13 heteroatoms. The SMILES string of the molecule is C[C@H]1C[C@H](N(C)c2ccc3c([C@@H]4CCC(=O)NC4=O)nn(C)c3c2)CCN1c1ncc(Cl)c(Nc2ccc3c(c2)CC(=O)N3C)n1. The molecule has 0 spiro atoms. The van der Waals surface area contributed by atoms with Gasteiger partial charge in [0.1, 0.15) is 5.02 Å². The highest BCUT2D eigenvalue weighted by atomic mass is 35.5. The van der Waals surface area contributed by atoms with E-state index in [1.807, 2.05) is 36.0 Å². The van der Waals surface area contributed by atoms with Crippen molar-refractivity contribution in [2.45, 2.75) is 57.0 Å². The number of anilines is 5. The predicted octanol–water partition coefficient (Wildman–Crippen LogP) is 4.29. The first-order chi connectivity index (χ1) is 22.1. The summed E-state index contributed by atoms with van der Waals surface area (Å²) in [5.41, 5.74) is 5.45. The van der Waals surface area contributed by atoms with Gasteiger partial charge in [-0.15, -0.1) is 0 Å². The Morgan fingerprint density at radius 2 is 1.91 bits per heavy atom. The highest BCUT2D eigenvalue weighted by Gasteiger charge is 2.33. The number of hydrogen-bond donors (Lipinski definition) is 2. The van der Waals surface area contributed by atoms with Crippen LogP contribution in [-0.2, 0) is 27.9 Å². The predicted molar refractivity (Wildman–Crippen MR) is 178 cm³/mol. The highest BCUT2D eigenvalue weighted by Crippen LogP contribution is 2.36. The zero-order valence-electron chi connectivity index (χ0n) is 26.2. The van der Waals surface area contributed by atoms with Gasteiger partial charge in [0.05, 0.1) is 29.7 Å². The van der Waals surface area contributed by atoms with E-state index in [1.54, 1.807) is 18.1 Å². The number of hydrogen-bond acceptors (Lipinski definition) is 9. The van der Waals surface area contributed by atoms with E-state index in [1.165, 1.54) is 0 Å². The first kappa shape index (κ1) is 30.0. The number of imide groups is 1. The fourth-order valence-corrected chi connectivity index (χ4v) is 7.12. The zero-order valence-corrected chi connectivity index (χ0v) is 27.0. The van der Waals surface area contributed by atoms with Gasteiger partial charge in [-0.05, 0) is 68.1 Å². The Balaban J connectivity index is 1.05. The minimum absolute atomic E-state index is 0.0778. The average Bonchev–Trinajstić information content (AvgIpc) is 3.51. The summed E-state index contributed by atoms with van der Waals surface area (Å²) < 4.78 is 1.82. The molecule has 238 valence electrons. The molecule has 2 saturated heterocycles.